The Hall–Kier alpha value is -3.55. The molecule has 0 aliphatic rings. The monoisotopic (exact) mass is 413 g/mol. The summed E-state index contributed by atoms with van der Waals surface area (Å²) in [6.07, 6.45) is -1.10. The first-order valence-corrected chi connectivity index (χ1v) is 9.81. The molecule has 0 radical (unpaired) electrons. The molecule has 0 aliphatic carbocycles. The fourth-order valence-corrected chi connectivity index (χ4v) is 3.21. The molecule has 2 aromatic carbocycles. The highest BCUT2D eigenvalue weighted by Crippen LogP contribution is 2.23. The van der Waals surface area contributed by atoms with Crippen LogP contribution in [0.25, 0.3) is 0 Å². The van der Waals surface area contributed by atoms with E-state index in [0.717, 1.165) is 11.1 Å². The Kier molecular flexibility index (Phi) is 9.18. The van der Waals surface area contributed by atoms with Gasteiger partial charge in [-0.2, -0.15) is 0 Å². The third-order valence-corrected chi connectivity index (χ3v) is 4.69. The first-order chi connectivity index (χ1) is 14.5. The molecule has 0 aliphatic heterocycles. The summed E-state index contributed by atoms with van der Waals surface area (Å²) in [6, 6.07) is 18.7. The van der Waals surface area contributed by atoms with Crippen molar-refractivity contribution in [1.82, 2.24) is 16.0 Å². The van der Waals surface area contributed by atoms with Crippen molar-refractivity contribution in [2.24, 2.45) is 0 Å². The number of rotatable bonds is 11. The number of carboxylic acid groups (broad SMARTS) is 2. The van der Waals surface area contributed by atoms with Crippen molar-refractivity contribution in [2.75, 3.05) is 13.1 Å². The van der Waals surface area contributed by atoms with Crippen LogP contribution in [0, 0.1) is 0 Å². The maximum atomic E-state index is 12.7. The molecule has 0 spiro atoms. The summed E-state index contributed by atoms with van der Waals surface area (Å²) in [5.74, 6) is -0.470. The number of benzene rings is 2. The first kappa shape index (κ1) is 22.7. The Morgan fingerprint density at radius 3 is 1.83 bits per heavy atom. The molecule has 0 saturated heterocycles. The van der Waals surface area contributed by atoms with Gasteiger partial charge in [0.25, 0.3) is 0 Å². The lowest BCUT2D eigenvalue weighted by atomic mass is 9.91. The van der Waals surface area contributed by atoms with Crippen molar-refractivity contribution >= 4 is 18.1 Å². The average Bonchev–Trinajstić information content (AvgIpc) is 2.73. The van der Waals surface area contributed by atoms with Crippen LogP contribution in [0.15, 0.2) is 60.7 Å². The lowest BCUT2D eigenvalue weighted by Crippen LogP contribution is -2.47. The fraction of sp³-hybridized carbons (Fsp3) is 0.318. The minimum absolute atomic E-state index is 0.0680. The van der Waals surface area contributed by atoms with Gasteiger partial charge in [0.05, 0.1) is 0 Å². The highest BCUT2D eigenvalue weighted by molar-refractivity contribution is 5.85. The molecule has 0 fully saturated rings. The Morgan fingerprint density at radius 1 is 0.767 bits per heavy atom. The number of amides is 3. The van der Waals surface area contributed by atoms with E-state index < -0.39 is 24.1 Å². The zero-order chi connectivity index (χ0) is 21.8. The minimum Gasteiger partial charge on any atom is -0.465 e. The number of hydrogen-bond donors (Lipinski definition) is 5. The highest BCUT2D eigenvalue weighted by Gasteiger charge is 2.22. The van der Waals surface area contributed by atoms with E-state index in [-0.39, 0.29) is 18.9 Å². The van der Waals surface area contributed by atoms with Gasteiger partial charge in [-0.05, 0) is 30.4 Å². The summed E-state index contributed by atoms with van der Waals surface area (Å²) >= 11 is 0. The zero-order valence-electron chi connectivity index (χ0n) is 16.6. The summed E-state index contributed by atoms with van der Waals surface area (Å²) < 4.78 is 0. The number of nitrogens with one attached hydrogen (secondary N) is 3. The molecular formula is C22H27N3O5. The standard InChI is InChI=1S/C22H27N3O5/c26-20(19(25-22(29)30)13-7-8-14-23-21(27)28)24-15-18(16-9-3-1-4-10-16)17-11-5-2-6-12-17/h1-6,9-12,18-19,23,25H,7-8,13-15H2,(H,24,26)(H,27,28)(H,29,30)/t19-/m1/s1. The predicted molar refractivity (Wildman–Crippen MR) is 113 cm³/mol. The molecule has 2 rings (SSSR count). The Labute approximate surface area is 175 Å². The maximum Gasteiger partial charge on any atom is 0.405 e. The minimum atomic E-state index is -1.28. The van der Waals surface area contributed by atoms with Gasteiger partial charge in [-0.15, -0.1) is 0 Å². The largest absolute Gasteiger partial charge is 0.465 e. The molecular weight excluding hydrogens is 386 g/mol. The molecule has 30 heavy (non-hydrogen) atoms. The van der Waals surface area contributed by atoms with Crippen LogP contribution >= 0.6 is 0 Å². The van der Waals surface area contributed by atoms with E-state index in [1.807, 2.05) is 60.7 Å². The molecule has 160 valence electrons. The van der Waals surface area contributed by atoms with Crippen LogP contribution in [0.4, 0.5) is 9.59 Å². The molecule has 0 heterocycles. The molecule has 2 aromatic rings. The van der Waals surface area contributed by atoms with Gasteiger partial charge in [0.1, 0.15) is 6.04 Å². The van der Waals surface area contributed by atoms with Crippen LogP contribution in [0.3, 0.4) is 0 Å². The molecule has 0 bridgehead atoms. The first-order valence-electron chi connectivity index (χ1n) is 9.81. The summed E-state index contributed by atoms with van der Waals surface area (Å²) in [7, 11) is 0. The Bertz CT molecular complexity index is 775. The van der Waals surface area contributed by atoms with Gasteiger partial charge in [-0.3, -0.25) is 4.79 Å². The van der Waals surface area contributed by atoms with Gasteiger partial charge >= 0.3 is 12.2 Å². The lowest BCUT2D eigenvalue weighted by molar-refractivity contribution is -0.123. The van der Waals surface area contributed by atoms with Crippen molar-refractivity contribution in [3.8, 4) is 0 Å². The summed E-state index contributed by atoms with van der Waals surface area (Å²) in [5.41, 5.74) is 2.10. The van der Waals surface area contributed by atoms with Gasteiger partial charge in [0.15, 0.2) is 0 Å². The molecule has 0 unspecified atom stereocenters. The van der Waals surface area contributed by atoms with E-state index in [2.05, 4.69) is 16.0 Å². The molecule has 8 nitrogen and oxygen atoms in total. The van der Waals surface area contributed by atoms with Crippen LogP contribution in [-0.2, 0) is 4.79 Å². The zero-order valence-corrected chi connectivity index (χ0v) is 16.6. The second-order valence-electron chi connectivity index (χ2n) is 6.85. The molecule has 3 amide bonds. The SMILES string of the molecule is O=C(O)NCCCC[C@@H](NC(=O)O)C(=O)NCC(c1ccccc1)c1ccccc1. The smallest absolute Gasteiger partial charge is 0.405 e. The summed E-state index contributed by atoms with van der Waals surface area (Å²) in [4.78, 5) is 34.2. The molecule has 8 heteroatoms. The van der Waals surface area contributed by atoms with E-state index in [4.69, 9.17) is 10.2 Å². The van der Waals surface area contributed by atoms with Crippen molar-refractivity contribution in [3.05, 3.63) is 71.8 Å². The van der Waals surface area contributed by atoms with Gasteiger partial charge < -0.3 is 26.2 Å². The van der Waals surface area contributed by atoms with Crippen LogP contribution in [0.5, 0.6) is 0 Å². The second-order valence-corrected chi connectivity index (χ2v) is 6.85. The predicted octanol–water partition coefficient (Wildman–Crippen LogP) is 3.01. The third-order valence-electron chi connectivity index (χ3n) is 4.69. The van der Waals surface area contributed by atoms with Crippen molar-refractivity contribution in [1.29, 1.82) is 0 Å². The highest BCUT2D eigenvalue weighted by atomic mass is 16.4. The molecule has 0 aromatic heterocycles. The van der Waals surface area contributed by atoms with Crippen LogP contribution in [0.1, 0.15) is 36.3 Å². The van der Waals surface area contributed by atoms with Crippen molar-refractivity contribution in [2.45, 2.75) is 31.2 Å². The number of hydrogen-bond acceptors (Lipinski definition) is 3. The van der Waals surface area contributed by atoms with Gasteiger partial charge in [0, 0.05) is 19.0 Å². The molecule has 5 N–H and O–H groups in total. The summed E-state index contributed by atoms with van der Waals surface area (Å²) in [5, 5.41) is 25.0. The number of unbranched alkanes of at least 4 members (excludes halogenated alkanes) is 1. The van der Waals surface area contributed by atoms with Crippen molar-refractivity contribution < 1.29 is 24.6 Å². The van der Waals surface area contributed by atoms with E-state index in [1.165, 1.54) is 0 Å². The van der Waals surface area contributed by atoms with E-state index >= 15 is 0 Å². The summed E-state index contributed by atoms with van der Waals surface area (Å²) in [6.45, 7) is 0.575. The number of carbonyl (C=O) groups excluding carboxylic acids is 1. The van der Waals surface area contributed by atoms with Crippen LogP contribution in [-0.4, -0.2) is 47.4 Å². The normalized spacial score (nSPS) is 11.5. The van der Waals surface area contributed by atoms with E-state index in [0.29, 0.717) is 19.4 Å². The molecule has 1 atom stereocenters. The molecule has 0 saturated carbocycles. The van der Waals surface area contributed by atoms with E-state index in [1.54, 1.807) is 0 Å². The van der Waals surface area contributed by atoms with Gasteiger partial charge in [-0.25, -0.2) is 9.59 Å². The van der Waals surface area contributed by atoms with Crippen molar-refractivity contribution in [3.63, 3.8) is 0 Å². The quantitative estimate of drug-likeness (QED) is 0.362. The average molecular weight is 413 g/mol. The van der Waals surface area contributed by atoms with E-state index in [9.17, 15) is 14.4 Å². The maximum absolute atomic E-state index is 12.7. The Balaban J connectivity index is 1.99. The lowest BCUT2D eigenvalue weighted by Gasteiger charge is -2.22. The van der Waals surface area contributed by atoms with Gasteiger partial charge in [0.2, 0.25) is 5.91 Å². The fourth-order valence-electron chi connectivity index (χ4n) is 3.21. The topological polar surface area (TPSA) is 128 Å². The third kappa shape index (κ3) is 7.83. The second kappa shape index (κ2) is 12.1. The van der Waals surface area contributed by atoms with Crippen LogP contribution in [0.2, 0.25) is 0 Å². The van der Waals surface area contributed by atoms with Gasteiger partial charge in [-0.1, -0.05) is 60.7 Å². The van der Waals surface area contributed by atoms with Crippen LogP contribution < -0.4 is 16.0 Å². The Morgan fingerprint density at radius 2 is 1.33 bits per heavy atom. The number of carbonyl (C=O) groups is 3.